The van der Waals surface area contributed by atoms with Gasteiger partial charge in [0.1, 0.15) is 16.4 Å². The molecule has 5 heteroatoms. The minimum atomic E-state index is 0.189. The van der Waals surface area contributed by atoms with Gasteiger partial charge in [0.25, 0.3) is 0 Å². The van der Waals surface area contributed by atoms with E-state index >= 15 is 0 Å². The predicted molar refractivity (Wildman–Crippen MR) is 60.5 cm³/mol. The Morgan fingerprint density at radius 1 is 1.33 bits per heavy atom. The molecule has 0 N–H and O–H groups in total. The summed E-state index contributed by atoms with van der Waals surface area (Å²) in [6.07, 6.45) is 2.60. The second-order valence-corrected chi connectivity index (χ2v) is 5.24. The van der Waals surface area contributed by atoms with Crippen LogP contribution in [0.25, 0.3) is 10.7 Å². The highest BCUT2D eigenvalue weighted by atomic mass is 32.1. The summed E-state index contributed by atoms with van der Waals surface area (Å²) in [7, 11) is 0. The van der Waals surface area contributed by atoms with Crippen molar-refractivity contribution in [1.82, 2.24) is 9.97 Å². The van der Waals surface area contributed by atoms with Gasteiger partial charge in [0.05, 0.1) is 5.51 Å². The van der Waals surface area contributed by atoms with Crippen LogP contribution in [-0.4, -0.2) is 15.8 Å². The molecule has 0 amide bonds. The van der Waals surface area contributed by atoms with Crippen LogP contribution in [0.2, 0.25) is 0 Å². The lowest BCUT2D eigenvalue weighted by Gasteiger charge is -2.06. The molecule has 0 bridgehead atoms. The Morgan fingerprint density at radius 2 is 2.27 bits per heavy atom. The summed E-state index contributed by atoms with van der Waals surface area (Å²) in [6.45, 7) is 0. The van der Waals surface area contributed by atoms with Gasteiger partial charge in [-0.1, -0.05) is 0 Å². The first kappa shape index (κ1) is 9.18. The molecule has 0 aromatic carbocycles. The number of fused-ring (bicyclic) bond motifs is 1. The predicted octanol–water partition coefficient (Wildman–Crippen LogP) is 2.79. The van der Waals surface area contributed by atoms with Crippen molar-refractivity contribution in [3.8, 4) is 10.7 Å². The Bertz CT molecular complexity index is 501. The molecule has 2 aromatic rings. The lowest BCUT2D eigenvalue weighted by molar-refractivity contribution is 0.0968. The second kappa shape index (κ2) is 3.50. The summed E-state index contributed by atoms with van der Waals surface area (Å²) in [5, 5.41) is 2.85. The number of hydrogen-bond donors (Lipinski definition) is 0. The Hall–Kier alpha value is -1.07. The number of hydrogen-bond acceptors (Lipinski definition) is 5. The fraction of sp³-hybridized carbons (Fsp3) is 0.300. The fourth-order valence-corrected chi connectivity index (χ4v) is 3.39. The van der Waals surface area contributed by atoms with Gasteiger partial charge >= 0.3 is 0 Å². The van der Waals surface area contributed by atoms with Crippen LogP contribution in [0.1, 0.15) is 28.2 Å². The minimum Gasteiger partial charge on any atom is -0.292 e. The number of rotatable bonds is 1. The van der Waals surface area contributed by atoms with Crippen molar-refractivity contribution < 1.29 is 4.79 Å². The molecule has 0 spiro atoms. The molecule has 0 unspecified atom stereocenters. The maximum Gasteiger partial charge on any atom is 0.182 e. The van der Waals surface area contributed by atoms with Gasteiger partial charge < -0.3 is 0 Å². The van der Waals surface area contributed by atoms with Gasteiger partial charge in [0.2, 0.25) is 0 Å². The van der Waals surface area contributed by atoms with Crippen LogP contribution in [0.4, 0.5) is 0 Å². The van der Waals surface area contributed by atoms with Crippen LogP contribution >= 0.6 is 22.7 Å². The number of Topliss-reactive ketones (excluding diaryl/α,β-unsaturated/α-hetero) is 1. The molecule has 2 aromatic heterocycles. The smallest absolute Gasteiger partial charge is 0.182 e. The van der Waals surface area contributed by atoms with E-state index in [-0.39, 0.29) is 5.78 Å². The van der Waals surface area contributed by atoms with E-state index in [2.05, 4.69) is 9.97 Å². The van der Waals surface area contributed by atoms with E-state index in [0.717, 1.165) is 28.4 Å². The van der Waals surface area contributed by atoms with Crippen LogP contribution < -0.4 is 0 Å². The monoisotopic (exact) mass is 236 g/mol. The van der Waals surface area contributed by atoms with E-state index in [1.807, 2.05) is 5.38 Å². The summed E-state index contributed by atoms with van der Waals surface area (Å²) in [5.41, 5.74) is 3.37. The van der Waals surface area contributed by atoms with Crippen molar-refractivity contribution in [2.45, 2.75) is 19.3 Å². The zero-order chi connectivity index (χ0) is 10.3. The third-order valence-electron chi connectivity index (χ3n) is 2.42. The van der Waals surface area contributed by atoms with Crippen molar-refractivity contribution in [3.63, 3.8) is 0 Å². The first-order valence-corrected chi connectivity index (χ1v) is 6.52. The molecule has 1 aliphatic carbocycles. The highest BCUT2D eigenvalue weighted by Crippen LogP contribution is 2.32. The number of thiazole rings is 2. The van der Waals surface area contributed by atoms with Crippen molar-refractivity contribution in [1.29, 1.82) is 0 Å². The van der Waals surface area contributed by atoms with Crippen molar-refractivity contribution in [3.05, 3.63) is 21.5 Å². The van der Waals surface area contributed by atoms with E-state index in [9.17, 15) is 4.79 Å². The third kappa shape index (κ3) is 1.52. The molecule has 0 fully saturated rings. The quantitative estimate of drug-likeness (QED) is 0.764. The topological polar surface area (TPSA) is 42.9 Å². The van der Waals surface area contributed by atoms with E-state index in [4.69, 9.17) is 0 Å². The number of aryl methyl sites for hydroxylation is 1. The maximum atomic E-state index is 11.6. The van der Waals surface area contributed by atoms with Crippen molar-refractivity contribution in [2.75, 3.05) is 0 Å². The van der Waals surface area contributed by atoms with Crippen LogP contribution in [0.5, 0.6) is 0 Å². The number of nitrogens with zero attached hydrogens (tertiary/aromatic N) is 2. The Kier molecular flexibility index (Phi) is 2.14. The molecule has 0 saturated carbocycles. The molecule has 3 rings (SSSR count). The normalized spacial score (nSPS) is 15.3. The van der Waals surface area contributed by atoms with Gasteiger partial charge in [-0.2, -0.15) is 0 Å². The molecule has 0 aliphatic heterocycles. The second-order valence-electron chi connectivity index (χ2n) is 3.44. The maximum absolute atomic E-state index is 11.6. The summed E-state index contributed by atoms with van der Waals surface area (Å²) >= 11 is 3.16. The number of ketones is 1. The molecular formula is C10H8N2OS2. The number of carbonyl (C=O) groups is 1. The van der Waals surface area contributed by atoms with Gasteiger partial charge in [0, 0.05) is 16.7 Å². The van der Waals surface area contributed by atoms with Crippen LogP contribution in [0.3, 0.4) is 0 Å². The Morgan fingerprint density at radius 3 is 3.00 bits per heavy atom. The lowest BCUT2D eigenvalue weighted by Crippen LogP contribution is -2.08. The molecular weight excluding hydrogens is 228 g/mol. The van der Waals surface area contributed by atoms with Gasteiger partial charge in [-0.3, -0.25) is 4.79 Å². The van der Waals surface area contributed by atoms with Gasteiger partial charge in [-0.25, -0.2) is 9.97 Å². The summed E-state index contributed by atoms with van der Waals surface area (Å²) in [5.74, 6) is 0.189. The SMILES string of the molecule is O=C1CCCc2sc(-c3cscn3)nc21. The molecule has 76 valence electrons. The molecule has 15 heavy (non-hydrogen) atoms. The Balaban J connectivity index is 2.09. The van der Waals surface area contributed by atoms with Crippen LogP contribution in [0, 0.1) is 0 Å². The summed E-state index contributed by atoms with van der Waals surface area (Å²) in [4.78, 5) is 21.3. The molecule has 3 nitrogen and oxygen atoms in total. The van der Waals surface area contributed by atoms with Crippen LogP contribution in [-0.2, 0) is 6.42 Å². The zero-order valence-electron chi connectivity index (χ0n) is 7.90. The van der Waals surface area contributed by atoms with Crippen molar-refractivity contribution >= 4 is 28.5 Å². The lowest BCUT2D eigenvalue weighted by atomic mass is 10.0. The highest BCUT2D eigenvalue weighted by molar-refractivity contribution is 7.15. The Labute approximate surface area is 94.8 Å². The average Bonchev–Trinajstić information content (AvgIpc) is 2.86. The molecule has 2 heterocycles. The van der Waals surface area contributed by atoms with E-state index in [0.29, 0.717) is 12.1 Å². The van der Waals surface area contributed by atoms with Gasteiger partial charge in [-0.05, 0) is 12.8 Å². The summed E-state index contributed by atoms with van der Waals surface area (Å²) < 4.78 is 0. The highest BCUT2D eigenvalue weighted by Gasteiger charge is 2.22. The first-order chi connectivity index (χ1) is 7.34. The molecule has 0 radical (unpaired) electrons. The van der Waals surface area contributed by atoms with Gasteiger partial charge in [0.15, 0.2) is 5.78 Å². The average molecular weight is 236 g/mol. The molecule has 0 atom stereocenters. The van der Waals surface area contributed by atoms with Gasteiger partial charge in [-0.15, -0.1) is 22.7 Å². The van der Waals surface area contributed by atoms with Crippen molar-refractivity contribution in [2.24, 2.45) is 0 Å². The number of carbonyl (C=O) groups excluding carboxylic acids is 1. The summed E-state index contributed by atoms with van der Waals surface area (Å²) in [6, 6.07) is 0. The number of aromatic nitrogens is 2. The molecule has 1 aliphatic rings. The largest absolute Gasteiger partial charge is 0.292 e. The molecule has 0 saturated heterocycles. The van der Waals surface area contributed by atoms with Crippen LogP contribution in [0.15, 0.2) is 10.9 Å². The van der Waals surface area contributed by atoms with E-state index in [1.54, 1.807) is 28.2 Å². The fourth-order valence-electron chi connectivity index (χ4n) is 1.69. The van der Waals surface area contributed by atoms with E-state index < -0.39 is 0 Å². The zero-order valence-corrected chi connectivity index (χ0v) is 9.53. The standard InChI is InChI=1S/C10H8N2OS2/c13-7-2-1-3-8-9(7)12-10(15-8)6-4-14-5-11-6/h4-5H,1-3H2. The first-order valence-electron chi connectivity index (χ1n) is 4.76. The third-order valence-corrected chi connectivity index (χ3v) is 4.14. The minimum absolute atomic E-state index is 0.189. The van der Waals surface area contributed by atoms with E-state index in [1.165, 1.54) is 0 Å².